The van der Waals surface area contributed by atoms with Gasteiger partial charge in [0.15, 0.2) is 0 Å². The summed E-state index contributed by atoms with van der Waals surface area (Å²) in [5, 5.41) is 0. The molecule has 7 heteroatoms. The van der Waals surface area contributed by atoms with E-state index in [9.17, 15) is 9.59 Å². The summed E-state index contributed by atoms with van der Waals surface area (Å²) in [5.74, 6) is -0.385. The van der Waals surface area contributed by atoms with Crippen molar-refractivity contribution in [2.24, 2.45) is 0 Å². The van der Waals surface area contributed by atoms with E-state index in [1.807, 2.05) is 78.8 Å². The largest absolute Gasteiger partial charge is 0.460 e. The van der Waals surface area contributed by atoms with E-state index in [0.29, 0.717) is 6.61 Å². The predicted molar refractivity (Wildman–Crippen MR) is 122 cm³/mol. The number of esters is 1. The Labute approximate surface area is 192 Å². The van der Waals surface area contributed by atoms with Gasteiger partial charge in [-0.3, -0.25) is 9.69 Å². The quantitative estimate of drug-likeness (QED) is 0.565. The van der Waals surface area contributed by atoms with Crippen molar-refractivity contribution in [3.63, 3.8) is 0 Å². The average molecular weight is 450 g/mol. The van der Waals surface area contributed by atoms with Gasteiger partial charge in [-0.25, -0.2) is 4.79 Å². The highest BCUT2D eigenvalue weighted by Gasteiger charge is 2.54. The van der Waals surface area contributed by atoms with Gasteiger partial charge in [0.2, 0.25) is 0 Å². The van der Waals surface area contributed by atoms with E-state index in [2.05, 4.69) is 0 Å². The average Bonchev–Trinajstić information content (AvgIpc) is 2.87. The van der Waals surface area contributed by atoms with E-state index < -0.39 is 41.3 Å². The summed E-state index contributed by atoms with van der Waals surface area (Å²) in [6, 6.07) is 9.27. The molecule has 1 fully saturated rings. The molecule has 32 heavy (non-hydrogen) atoms. The van der Waals surface area contributed by atoms with Crippen LogP contribution < -0.4 is 0 Å². The number of nitrogens with zero attached hydrogens (tertiary/aromatic N) is 1. The van der Waals surface area contributed by atoms with Crippen molar-refractivity contribution in [2.75, 3.05) is 0 Å². The molecule has 2 rings (SSSR count). The Hall–Kier alpha value is -2.12. The predicted octanol–water partition coefficient (Wildman–Crippen LogP) is 5.06. The van der Waals surface area contributed by atoms with E-state index in [1.54, 1.807) is 18.7 Å². The van der Waals surface area contributed by atoms with E-state index >= 15 is 0 Å². The molecule has 180 valence electrons. The third-order valence-electron chi connectivity index (χ3n) is 4.91. The number of amides is 1. The molecule has 0 aliphatic carbocycles. The van der Waals surface area contributed by atoms with Crippen molar-refractivity contribution in [1.29, 1.82) is 0 Å². The lowest BCUT2D eigenvalue weighted by molar-refractivity contribution is -0.159. The SMILES string of the molecule is C[C@@H](OCc1ccccc1)[C@H]1[C@@H](CC(=O)OC(C)(C)C)OC(C)(C)N1C(=O)OC(C)(C)C. The Kier molecular flexibility index (Phi) is 8.00. The summed E-state index contributed by atoms with van der Waals surface area (Å²) in [5.41, 5.74) is -1.25. The maximum atomic E-state index is 13.2. The number of hydrogen-bond donors (Lipinski definition) is 0. The lowest BCUT2D eigenvalue weighted by Gasteiger charge is -2.37. The highest BCUT2D eigenvalue weighted by atomic mass is 16.6. The second kappa shape index (κ2) is 9.79. The van der Waals surface area contributed by atoms with Gasteiger partial charge < -0.3 is 18.9 Å². The van der Waals surface area contributed by atoms with Crippen molar-refractivity contribution in [2.45, 2.75) is 111 Å². The van der Waals surface area contributed by atoms with Crippen LogP contribution in [0.2, 0.25) is 0 Å². The van der Waals surface area contributed by atoms with Crippen LogP contribution in [0.5, 0.6) is 0 Å². The second-order valence-electron chi connectivity index (χ2n) is 10.7. The molecule has 1 saturated heterocycles. The summed E-state index contributed by atoms with van der Waals surface area (Å²) in [6.07, 6.45) is -1.52. The number of rotatable bonds is 6. The van der Waals surface area contributed by atoms with Crippen LogP contribution in [-0.4, -0.2) is 52.1 Å². The van der Waals surface area contributed by atoms with Crippen molar-refractivity contribution in [3.05, 3.63) is 35.9 Å². The maximum Gasteiger partial charge on any atom is 0.413 e. The molecule has 0 unspecified atom stereocenters. The van der Waals surface area contributed by atoms with Gasteiger partial charge in [0.05, 0.1) is 31.3 Å². The molecule has 7 nitrogen and oxygen atoms in total. The van der Waals surface area contributed by atoms with E-state index in [1.165, 1.54) is 0 Å². The molecular formula is C25H39NO6. The van der Waals surface area contributed by atoms with Gasteiger partial charge in [-0.1, -0.05) is 30.3 Å². The fourth-order valence-corrected chi connectivity index (χ4v) is 3.80. The summed E-state index contributed by atoms with van der Waals surface area (Å²) < 4.78 is 23.5. The van der Waals surface area contributed by atoms with Gasteiger partial charge in [-0.05, 0) is 67.9 Å². The standard InChI is InChI=1S/C25H39NO6/c1-17(29-16-18-13-11-10-12-14-18)21-19(15-20(27)31-23(2,3)4)30-25(8,9)26(21)22(28)32-24(5,6)7/h10-14,17,19,21H,15-16H2,1-9H3/t17-,19-,21+/m1/s1. The normalized spacial score (nSPS) is 21.8. The molecule has 1 aliphatic rings. The Morgan fingerprint density at radius 2 is 1.59 bits per heavy atom. The molecule has 1 aromatic rings. The molecule has 0 radical (unpaired) electrons. The Morgan fingerprint density at radius 1 is 1.03 bits per heavy atom. The number of benzene rings is 1. The Bertz CT molecular complexity index is 778. The molecule has 1 aliphatic heterocycles. The topological polar surface area (TPSA) is 74.3 Å². The van der Waals surface area contributed by atoms with E-state index in [-0.39, 0.29) is 12.4 Å². The monoisotopic (exact) mass is 449 g/mol. The first-order valence-corrected chi connectivity index (χ1v) is 11.2. The highest BCUT2D eigenvalue weighted by molar-refractivity contribution is 5.72. The minimum atomic E-state index is -0.982. The first kappa shape index (κ1) is 26.1. The lowest BCUT2D eigenvalue weighted by Crippen LogP contribution is -2.54. The van der Waals surface area contributed by atoms with Crippen LogP contribution >= 0.6 is 0 Å². The van der Waals surface area contributed by atoms with Crippen LogP contribution in [0.3, 0.4) is 0 Å². The van der Waals surface area contributed by atoms with Gasteiger partial charge in [-0.2, -0.15) is 0 Å². The molecule has 1 heterocycles. The van der Waals surface area contributed by atoms with Crippen LogP contribution in [0.4, 0.5) is 4.79 Å². The van der Waals surface area contributed by atoms with E-state index in [4.69, 9.17) is 18.9 Å². The third-order valence-corrected chi connectivity index (χ3v) is 4.91. The zero-order valence-electron chi connectivity index (χ0n) is 20.9. The number of carbonyl (C=O) groups excluding carboxylic acids is 2. The third kappa shape index (κ3) is 7.48. The molecule has 0 bridgehead atoms. The fourth-order valence-electron chi connectivity index (χ4n) is 3.80. The van der Waals surface area contributed by atoms with Gasteiger partial charge in [0, 0.05) is 0 Å². The Balaban J connectivity index is 2.28. The van der Waals surface area contributed by atoms with Crippen LogP contribution in [0.1, 0.15) is 74.3 Å². The zero-order chi connectivity index (χ0) is 24.3. The zero-order valence-corrected chi connectivity index (χ0v) is 20.9. The molecule has 3 atom stereocenters. The molecule has 0 aromatic heterocycles. The van der Waals surface area contributed by atoms with Crippen molar-refractivity contribution < 1.29 is 28.5 Å². The van der Waals surface area contributed by atoms with Crippen LogP contribution in [-0.2, 0) is 30.3 Å². The number of carbonyl (C=O) groups is 2. The van der Waals surface area contributed by atoms with Crippen LogP contribution in [0.25, 0.3) is 0 Å². The molecule has 0 spiro atoms. The maximum absolute atomic E-state index is 13.2. The summed E-state index contributed by atoms with van der Waals surface area (Å²) in [4.78, 5) is 27.3. The van der Waals surface area contributed by atoms with Gasteiger partial charge in [0.1, 0.15) is 16.9 Å². The summed E-state index contributed by atoms with van der Waals surface area (Å²) >= 11 is 0. The second-order valence-corrected chi connectivity index (χ2v) is 10.7. The number of hydrogen-bond acceptors (Lipinski definition) is 6. The fraction of sp³-hybridized carbons (Fsp3) is 0.680. The number of ether oxygens (including phenoxy) is 4. The first-order chi connectivity index (χ1) is 14.6. The minimum Gasteiger partial charge on any atom is -0.460 e. The van der Waals surface area contributed by atoms with Crippen LogP contribution in [0, 0.1) is 0 Å². The molecule has 0 saturated carbocycles. The van der Waals surface area contributed by atoms with Crippen molar-refractivity contribution >= 4 is 12.1 Å². The smallest absolute Gasteiger partial charge is 0.413 e. The van der Waals surface area contributed by atoms with E-state index in [0.717, 1.165) is 5.56 Å². The molecule has 0 N–H and O–H groups in total. The van der Waals surface area contributed by atoms with Crippen LogP contribution in [0.15, 0.2) is 30.3 Å². The molecule has 1 amide bonds. The lowest BCUT2D eigenvalue weighted by atomic mass is 10.0. The van der Waals surface area contributed by atoms with Gasteiger partial charge >= 0.3 is 12.1 Å². The molecular weight excluding hydrogens is 410 g/mol. The molecule has 1 aromatic carbocycles. The van der Waals surface area contributed by atoms with Gasteiger partial charge in [0.25, 0.3) is 0 Å². The van der Waals surface area contributed by atoms with Crippen molar-refractivity contribution in [3.8, 4) is 0 Å². The van der Waals surface area contributed by atoms with Crippen molar-refractivity contribution in [1.82, 2.24) is 4.90 Å². The minimum absolute atomic E-state index is 0.00367. The first-order valence-electron chi connectivity index (χ1n) is 11.2. The Morgan fingerprint density at radius 3 is 2.12 bits per heavy atom. The summed E-state index contributed by atoms with van der Waals surface area (Å²) in [7, 11) is 0. The highest BCUT2D eigenvalue weighted by Crippen LogP contribution is 2.38. The van der Waals surface area contributed by atoms with Gasteiger partial charge in [-0.15, -0.1) is 0 Å². The summed E-state index contributed by atoms with van der Waals surface area (Å²) in [6.45, 7) is 16.8.